The first-order valence-corrected chi connectivity index (χ1v) is 8.22. The van der Waals surface area contributed by atoms with E-state index in [2.05, 4.69) is 14.8 Å². The van der Waals surface area contributed by atoms with Crippen LogP contribution in [0.25, 0.3) is 0 Å². The molecule has 0 atom stereocenters. The lowest BCUT2D eigenvalue weighted by molar-refractivity contribution is -0.141. The molecule has 0 aromatic heterocycles. The zero-order chi connectivity index (χ0) is 16.8. The number of nitrogens with one attached hydrogen (secondary N) is 2. The second kappa shape index (κ2) is 7.90. The molecule has 0 radical (unpaired) electrons. The average Bonchev–Trinajstić information content (AvgIpc) is 2.44. The molecule has 8 heteroatoms. The van der Waals surface area contributed by atoms with Crippen LogP contribution >= 0.6 is 0 Å². The Morgan fingerprint density at radius 3 is 2.23 bits per heavy atom. The van der Waals surface area contributed by atoms with E-state index in [1.54, 1.807) is 13.8 Å². The first-order chi connectivity index (χ1) is 10.2. The van der Waals surface area contributed by atoms with Crippen molar-refractivity contribution in [1.82, 2.24) is 4.72 Å². The largest absolute Gasteiger partial charge is 0.469 e. The zero-order valence-corrected chi connectivity index (χ0v) is 13.6. The fraction of sp³-hybridized carbons (Fsp3) is 0.429. The number of methoxy groups -OCH3 is 1. The van der Waals surface area contributed by atoms with Gasteiger partial charge in [0.1, 0.15) is 0 Å². The quantitative estimate of drug-likeness (QED) is 0.734. The molecular weight excluding hydrogens is 308 g/mol. The lowest BCUT2D eigenvalue weighted by atomic mass is 10.2. The first-order valence-electron chi connectivity index (χ1n) is 6.73. The van der Waals surface area contributed by atoms with Gasteiger partial charge in [-0.25, -0.2) is 13.1 Å². The summed E-state index contributed by atoms with van der Waals surface area (Å²) in [6.07, 6.45) is -0.00523. The number of carbonyl (C=O) groups excluding carboxylic acids is 2. The van der Waals surface area contributed by atoms with E-state index < -0.39 is 16.0 Å². The number of ether oxygens (including phenoxy) is 1. The van der Waals surface area contributed by atoms with Gasteiger partial charge in [0.05, 0.1) is 18.4 Å². The predicted molar refractivity (Wildman–Crippen MR) is 81.8 cm³/mol. The summed E-state index contributed by atoms with van der Waals surface area (Å²) >= 11 is 0. The van der Waals surface area contributed by atoms with Gasteiger partial charge in [-0.3, -0.25) is 9.59 Å². The van der Waals surface area contributed by atoms with E-state index >= 15 is 0 Å². The number of benzene rings is 1. The van der Waals surface area contributed by atoms with E-state index in [9.17, 15) is 18.0 Å². The van der Waals surface area contributed by atoms with Crippen molar-refractivity contribution in [1.29, 1.82) is 0 Å². The minimum absolute atomic E-state index is 0.00162. The highest BCUT2D eigenvalue weighted by molar-refractivity contribution is 7.89. The van der Waals surface area contributed by atoms with E-state index in [1.807, 2.05) is 0 Å². The standard InChI is InChI=1S/C14H20N2O5S/c1-10(2)16-22(19,20)12-6-4-11(5-7-12)15-13(17)8-9-14(18)21-3/h4-7,10,16H,8-9H2,1-3H3,(H,15,17). The van der Waals surface area contributed by atoms with E-state index in [4.69, 9.17) is 0 Å². The smallest absolute Gasteiger partial charge is 0.306 e. The van der Waals surface area contributed by atoms with Gasteiger partial charge in [0.15, 0.2) is 0 Å². The third kappa shape index (κ3) is 5.82. The molecule has 122 valence electrons. The predicted octanol–water partition coefficient (Wildman–Crippen LogP) is 1.26. The van der Waals surface area contributed by atoms with Crippen molar-refractivity contribution in [2.75, 3.05) is 12.4 Å². The molecule has 1 aromatic rings. The van der Waals surface area contributed by atoms with E-state index in [0.717, 1.165) is 0 Å². The number of amides is 1. The molecule has 0 bridgehead atoms. The second-order valence-corrected chi connectivity index (χ2v) is 6.64. The molecule has 0 saturated heterocycles. The monoisotopic (exact) mass is 328 g/mol. The molecule has 7 nitrogen and oxygen atoms in total. The molecule has 0 saturated carbocycles. The van der Waals surface area contributed by atoms with Gasteiger partial charge in [-0.05, 0) is 38.1 Å². The molecule has 0 fully saturated rings. The second-order valence-electron chi connectivity index (χ2n) is 4.92. The van der Waals surface area contributed by atoms with Crippen LogP contribution in [0.3, 0.4) is 0 Å². The van der Waals surface area contributed by atoms with Crippen molar-refractivity contribution in [2.24, 2.45) is 0 Å². The maximum atomic E-state index is 11.9. The van der Waals surface area contributed by atoms with Gasteiger partial charge in [0.25, 0.3) is 0 Å². The molecule has 1 aromatic carbocycles. The van der Waals surface area contributed by atoms with Gasteiger partial charge in [-0.1, -0.05) is 0 Å². The number of rotatable bonds is 7. The summed E-state index contributed by atoms with van der Waals surface area (Å²) in [6.45, 7) is 3.46. The minimum atomic E-state index is -3.55. The molecule has 1 rings (SSSR count). The van der Waals surface area contributed by atoms with Gasteiger partial charge in [0, 0.05) is 18.2 Å². The van der Waals surface area contributed by atoms with Crippen LogP contribution in [0.1, 0.15) is 26.7 Å². The summed E-state index contributed by atoms with van der Waals surface area (Å²) in [5.74, 6) is -0.808. The minimum Gasteiger partial charge on any atom is -0.469 e. The van der Waals surface area contributed by atoms with Crippen LogP contribution in [0.2, 0.25) is 0 Å². The molecule has 0 aliphatic rings. The number of anilines is 1. The van der Waals surface area contributed by atoms with Crippen LogP contribution in [-0.2, 0) is 24.3 Å². The number of hydrogen-bond donors (Lipinski definition) is 2. The van der Waals surface area contributed by atoms with Crippen molar-refractivity contribution in [3.63, 3.8) is 0 Å². The molecule has 0 aliphatic heterocycles. The van der Waals surface area contributed by atoms with Crippen LogP contribution in [0.5, 0.6) is 0 Å². The Kier molecular flexibility index (Phi) is 6.51. The van der Waals surface area contributed by atoms with Crippen molar-refractivity contribution >= 4 is 27.6 Å². The van der Waals surface area contributed by atoms with Gasteiger partial charge in [-0.15, -0.1) is 0 Å². The first kappa shape index (κ1) is 18.1. The summed E-state index contributed by atoms with van der Waals surface area (Å²) in [5.41, 5.74) is 0.457. The van der Waals surface area contributed by atoms with Crippen LogP contribution in [0, 0.1) is 0 Å². The fourth-order valence-corrected chi connectivity index (χ4v) is 2.89. The Morgan fingerprint density at radius 2 is 1.73 bits per heavy atom. The Balaban J connectivity index is 2.65. The van der Waals surface area contributed by atoms with Crippen molar-refractivity contribution in [3.8, 4) is 0 Å². The molecule has 0 heterocycles. The van der Waals surface area contributed by atoms with Crippen LogP contribution in [0.15, 0.2) is 29.2 Å². The third-order valence-corrected chi connectivity index (χ3v) is 4.30. The van der Waals surface area contributed by atoms with E-state index in [-0.39, 0.29) is 29.7 Å². The van der Waals surface area contributed by atoms with Gasteiger partial charge >= 0.3 is 5.97 Å². The summed E-state index contributed by atoms with van der Waals surface area (Å²) < 4.78 is 30.8. The summed E-state index contributed by atoms with van der Waals surface area (Å²) in [6, 6.07) is 5.58. The van der Waals surface area contributed by atoms with Crippen molar-refractivity contribution in [2.45, 2.75) is 37.6 Å². The van der Waals surface area contributed by atoms with Crippen molar-refractivity contribution < 1.29 is 22.7 Å². The lowest BCUT2D eigenvalue weighted by Crippen LogP contribution is -2.30. The number of esters is 1. The Hall–Kier alpha value is -1.93. The van der Waals surface area contributed by atoms with Crippen LogP contribution in [0.4, 0.5) is 5.69 Å². The highest BCUT2D eigenvalue weighted by Gasteiger charge is 2.15. The normalized spacial score (nSPS) is 11.3. The highest BCUT2D eigenvalue weighted by Crippen LogP contribution is 2.14. The molecular formula is C14H20N2O5S. The van der Waals surface area contributed by atoms with Gasteiger partial charge in [0.2, 0.25) is 15.9 Å². The SMILES string of the molecule is COC(=O)CCC(=O)Nc1ccc(S(=O)(=O)NC(C)C)cc1. The van der Waals surface area contributed by atoms with Crippen LogP contribution in [-0.4, -0.2) is 33.4 Å². The van der Waals surface area contributed by atoms with E-state index in [0.29, 0.717) is 5.69 Å². The van der Waals surface area contributed by atoms with Gasteiger partial charge in [-0.2, -0.15) is 0 Å². The molecule has 2 N–H and O–H groups in total. The highest BCUT2D eigenvalue weighted by atomic mass is 32.2. The van der Waals surface area contributed by atoms with Gasteiger partial charge < -0.3 is 10.1 Å². The maximum absolute atomic E-state index is 11.9. The molecule has 1 amide bonds. The molecule has 0 spiro atoms. The molecule has 0 aliphatic carbocycles. The zero-order valence-electron chi connectivity index (χ0n) is 12.8. The Morgan fingerprint density at radius 1 is 1.14 bits per heavy atom. The Labute approximate surface area is 130 Å². The number of sulfonamides is 1. The molecule has 22 heavy (non-hydrogen) atoms. The topological polar surface area (TPSA) is 102 Å². The lowest BCUT2D eigenvalue weighted by Gasteiger charge is -2.10. The summed E-state index contributed by atoms with van der Waals surface area (Å²) in [4.78, 5) is 22.7. The third-order valence-electron chi connectivity index (χ3n) is 2.62. The summed E-state index contributed by atoms with van der Waals surface area (Å²) in [5, 5.41) is 2.58. The van der Waals surface area contributed by atoms with E-state index in [1.165, 1.54) is 31.4 Å². The average molecular weight is 328 g/mol. The van der Waals surface area contributed by atoms with Crippen molar-refractivity contribution in [3.05, 3.63) is 24.3 Å². The summed E-state index contributed by atoms with van der Waals surface area (Å²) in [7, 11) is -2.30. The number of carbonyl (C=O) groups is 2. The Bertz CT molecular complexity index is 623. The maximum Gasteiger partial charge on any atom is 0.306 e. The fourth-order valence-electron chi connectivity index (χ4n) is 1.64. The number of hydrogen-bond acceptors (Lipinski definition) is 5. The molecule has 0 unspecified atom stereocenters. The van der Waals surface area contributed by atoms with Crippen LogP contribution < -0.4 is 10.0 Å².